The topological polar surface area (TPSA) is 39.1 Å². The van der Waals surface area contributed by atoms with Crippen LogP contribution in [0.4, 0.5) is 11.4 Å². The van der Waals surface area contributed by atoms with Crippen molar-refractivity contribution >= 4 is 28.8 Å². The fourth-order valence-electron chi connectivity index (χ4n) is 3.59. The van der Waals surface area contributed by atoms with Crippen LogP contribution < -0.4 is 4.90 Å². The van der Waals surface area contributed by atoms with Crippen LogP contribution in [-0.4, -0.2) is 53.5 Å². The van der Waals surface area contributed by atoms with Crippen molar-refractivity contribution in [3.8, 4) is 0 Å². The molecule has 2 heterocycles. The fraction of sp³-hybridized carbons (Fsp3) is 0.588. The predicted octanol–water partition coefficient (Wildman–Crippen LogP) is 2.85. The molecule has 0 amide bonds. The zero-order valence-corrected chi connectivity index (χ0v) is 13.6. The molecule has 3 rings (SSSR count). The van der Waals surface area contributed by atoms with Crippen molar-refractivity contribution in [1.82, 2.24) is 4.90 Å². The fourth-order valence-corrected chi connectivity index (χ4v) is 3.70. The van der Waals surface area contributed by atoms with E-state index in [1.54, 1.807) is 0 Å². The van der Waals surface area contributed by atoms with Gasteiger partial charge in [0.1, 0.15) is 0 Å². The van der Waals surface area contributed by atoms with E-state index in [0.29, 0.717) is 6.04 Å². The Labute approximate surface area is 137 Å². The van der Waals surface area contributed by atoms with Crippen LogP contribution in [0.1, 0.15) is 25.7 Å². The minimum absolute atomic E-state index is 0.124. The van der Waals surface area contributed by atoms with Crippen molar-refractivity contribution in [3.63, 3.8) is 0 Å². The lowest BCUT2D eigenvalue weighted by molar-refractivity contribution is 0.0398. The third kappa shape index (κ3) is 3.73. The van der Waals surface area contributed by atoms with E-state index < -0.39 is 0 Å². The smallest absolute Gasteiger partial charge is 0.0741 e. The molecule has 118 valence electrons. The van der Waals surface area contributed by atoms with Gasteiger partial charge in [0.2, 0.25) is 0 Å². The summed E-state index contributed by atoms with van der Waals surface area (Å²) in [6.45, 7) is 4.15. The molecule has 1 aromatic rings. The van der Waals surface area contributed by atoms with Gasteiger partial charge in [-0.25, -0.2) is 0 Å². The van der Waals surface area contributed by atoms with Gasteiger partial charge in [-0.3, -0.25) is 4.90 Å². The zero-order chi connectivity index (χ0) is 15.4. The number of likely N-dealkylation sites (tertiary alicyclic amines) is 1. The molecule has 0 spiro atoms. The van der Waals surface area contributed by atoms with Crippen LogP contribution in [0, 0.1) is 0 Å². The number of hydrogen-bond donors (Lipinski definition) is 1. The maximum Gasteiger partial charge on any atom is 0.0741 e. The largest absolute Gasteiger partial charge is 0.392 e. The summed E-state index contributed by atoms with van der Waals surface area (Å²) in [7, 11) is 0. The van der Waals surface area contributed by atoms with Gasteiger partial charge in [-0.2, -0.15) is 4.99 Å². The second kappa shape index (κ2) is 7.34. The van der Waals surface area contributed by atoms with Crippen LogP contribution in [0.5, 0.6) is 0 Å². The third-order valence-corrected chi connectivity index (χ3v) is 4.89. The second-order valence-corrected chi connectivity index (χ2v) is 6.41. The third-order valence-electron chi connectivity index (χ3n) is 4.80. The van der Waals surface area contributed by atoms with Crippen molar-refractivity contribution in [2.24, 2.45) is 4.99 Å². The number of anilines is 1. The number of β-amino-alcohol motifs (C(OH)–C–C–N with tert-alkyl or cyclic N) is 1. The molecular formula is C17H23N3OS. The number of rotatable bonds is 3. The van der Waals surface area contributed by atoms with Gasteiger partial charge in [-0.05, 0) is 68.7 Å². The number of piperidine rings is 2. The molecule has 1 N–H and O–H groups in total. The Bertz CT molecular complexity index is 533. The number of aliphatic imine (C=N–C) groups is 1. The minimum Gasteiger partial charge on any atom is -0.392 e. The molecule has 1 atom stereocenters. The summed E-state index contributed by atoms with van der Waals surface area (Å²) in [6, 6.07) is 8.82. The number of benzene rings is 1. The predicted molar refractivity (Wildman–Crippen MR) is 93.2 cm³/mol. The lowest BCUT2D eigenvalue weighted by atomic mass is 9.98. The maximum absolute atomic E-state index is 9.84. The van der Waals surface area contributed by atoms with Gasteiger partial charge < -0.3 is 10.0 Å². The number of thiocarbonyl (C=S) groups is 1. The average molecular weight is 317 g/mol. The Hall–Kier alpha value is -1.26. The highest BCUT2D eigenvalue weighted by Gasteiger charge is 2.28. The molecule has 22 heavy (non-hydrogen) atoms. The summed E-state index contributed by atoms with van der Waals surface area (Å²) in [4.78, 5) is 8.91. The summed E-state index contributed by atoms with van der Waals surface area (Å²) >= 11 is 4.63. The summed E-state index contributed by atoms with van der Waals surface area (Å²) in [5.41, 5.74) is 2.11. The molecule has 2 aliphatic rings. The summed E-state index contributed by atoms with van der Waals surface area (Å²) in [5, 5.41) is 12.2. The van der Waals surface area contributed by atoms with Crippen LogP contribution in [0.25, 0.3) is 0 Å². The average Bonchev–Trinajstić information content (AvgIpc) is 2.56. The molecule has 4 nitrogen and oxygen atoms in total. The first-order valence-electron chi connectivity index (χ1n) is 8.11. The van der Waals surface area contributed by atoms with Gasteiger partial charge in [-0.1, -0.05) is 0 Å². The number of aliphatic hydroxyl groups excluding tert-OH is 1. The van der Waals surface area contributed by atoms with Crippen LogP contribution in [0.3, 0.4) is 0 Å². The first-order valence-corrected chi connectivity index (χ1v) is 8.52. The number of isothiocyanates is 1. The SMILES string of the molecule is O[C@H]1CCCN(C2CCN(c3ccc(N=C=S)cc3)CC2)C1. The normalized spacial score (nSPS) is 24.0. The van der Waals surface area contributed by atoms with Gasteiger partial charge in [0.25, 0.3) is 0 Å². The van der Waals surface area contributed by atoms with Crippen LogP contribution >= 0.6 is 12.2 Å². The Balaban J connectivity index is 1.55. The standard InChI is InChI=1S/C17H23N3OS/c21-17-2-1-9-20(12-17)16-7-10-19(11-8-16)15-5-3-14(4-6-15)18-13-22/h3-6,16-17,21H,1-2,7-12H2/t17-/m0/s1. The number of hydrogen-bond acceptors (Lipinski definition) is 5. The number of nitrogens with zero attached hydrogens (tertiary/aromatic N) is 3. The van der Waals surface area contributed by atoms with Gasteiger partial charge >= 0.3 is 0 Å². The van der Waals surface area contributed by atoms with E-state index in [2.05, 4.69) is 44.3 Å². The molecule has 0 saturated carbocycles. The Morgan fingerprint density at radius 1 is 1.09 bits per heavy atom. The molecule has 0 aromatic heterocycles. The van der Waals surface area contributed by atoms with Crippen molar-refractivity contribution in [2.45, 2.75) is 37.8 Å². The molecule has 1 aromatic carbocycles. The van der Waals surface area contributed by atoms with E-state index in [1.165, 1.54) is 18.5 Å². The van der Waals surface area contributed by atoms with E-state index in [0.717, 1.165) is 44.7 Å². The second-order valence-electron chi connectivity index (χ2n) is 6.23. The Morgan fingerprint density at radius 2 is 1.82 bits per heavy atom. The van der Waals surface area contributed by atoms with E-state index in [1.807, 2.05) is 12.1 Å². The molecule has 0 radical (unpaired) electrons. The first kappa shape index (κ1) is 15.6. The summed E-state index contributed by atoms with van der Waals surface area (Å²) in [5.74, 6) is 0. The Morgan fingerprint density at radius 3 is 2.45 bits per heavy atom. The van der Waals surface area contributed by atoms with Gasteiger partial charge in [0, 0.05) is 31.4 Å². The van der Waals surface area contributed by atoms with Crippen LogP contribution in [0.15, 0.2) is 29.3 Å². The molecule has 5 heteroatoms. The zero-order valence-electron chi connectivity index (χ0n) is 12.8. The molecule has 0 unspecified atom stereocenters. The van der Waals surface area contributed by atoms with Crippen molar-refractivity contribution < 1.29 is 5.11 Å². The van der Waals surface area contributed by atoms with E-state index in [9.17, 15) is 5.11 Å². The van der Waals surface area contributed by atoms with Crippen LogP contribution in [0.2, 0.25) is 0 Å². The molecule has 0 aliphatic carbocycles. The molecule has 2 fully saturated rings. The maximum atomic E-state index is 9.84. The molecule has 0 bridgehead atoms. The van der Waals surface area contributed by atoms with Crippen molar-refractivity contribution in [2.75, 3.05) is 31.1 Å². The molecular weight excluding hydrogens is 294 g/mol. The van der Waals surface area contributed by atoms with Gasteiger partial charge in [-0.15, -0.1) is 0 Å². The van der Waals surface area contributed by atoms with Crippen LogP contribution in [-0.2, 0) is 0 Å². The summed E-state index contributed by atoms with van der Waals surface area (Å²) in [6.07, 6.45) is 4.31. The first-order chi connectivity index (χ1) is 10.8. The highest BCUT2D eigenvalue weighted by atomic mass is 32.1. The Kier molecular flexibility index (Phi) is 5.21. The number of aliphatic hydroxyl groups is 1. The lowest BCUT2D eigenvalue weighted by Gasteiger charge is -2.42. The highest BCUT2D eigenvalue weighted by Crippen LogP contribution is 2.26. The van der Waals surface area contributed by atoms with Gasteiger partial charge in [0.05, 0.1) is 17.0 Å². The van der Waals surface area contributed by atoms with Crippen molar-refractivity contribution in [3.05, 3.63) is 24.3 Å². The minimum atomic E-state index is -0.124. The summed E-state index contributed by atoms with van der Waals surface area (Å²) < 4.78 is 0. The van der Waals surface area contributed by atoms with Crippen molar-refractivity contribution in [1.29, 1.82) is 0 Å². The van der Waals surface area contributed by atoms with E-state index in [-0.39, 0.29) is 6.10 Å². The molecule has 2 saturated heterocycles. The highest BCUT2D eigenvalue weighted by molar-refractivity contribution is 7.78. The monoisotopic (exact) mass is 317 g/mol. The lowest BCUT2D eigenvalue weighted by Crippen LogP contribution is -2.49. The van der Waals surface area contributed by atoms with Gasteiger partial charge in [0.15, 0.2) is 0 Å². The quantitative estimate of drug-likeness (QED) is 0.687. The molecule has 2 aliphatic heterocycles. The van der Waals surface area contributed by atoms with E-state index >= 15 is 0 Å². The van der Waals surface area contributed by atoms with E-state index in [4.69, 9.17) is 0 Å².